The molecule has 0 spiro atoms. The molecule has 0 bridgehead atoms. The smallest absolute Gasteiger partial charge is 0.134 e. The molecule has 2 aromatic heterocycles. The van der Waals surface area contributed by atoms with Crippen LogP contribution in [0.15, 0.2) is 20.9 Å². The number of thiophene rings is 2. The SMILES string of the molecule is N#Cc1c(N=Cc2cc(Br)cs2)sc2c1CCC2. The Hall–Kier alpha value is -0.960. The summed E-state index contributed by atoms with van der Waals surface area (Å²) < 4.78 is 1.07. The van der Waals surface area contributed by atoms with E-state index >= 15 is 0 Å². The fourth-order valence-electron chi connectivity index (χ4n) is 2.11. The van der Waals surface area contributed by atoms with Gasteiger partial charge in [0.15, 0.2) is 0 Å². The van der Waals surface area contributed by atoms with Crippen molar-refractivity contribution in [1.82, 2.24) is 0 Å². The lowest BCUT2D eigenvalue weighted by Crippen LogP contribution is -1.80. The number of hydrogen-bond donors (Lipinski definition) is 0. The van der Waals surface area contributed by atoms with Gasteiger partial charge in [-0.2, -0.15) is 5.26 Å². The predicted octanol–water partition coefficient (Wildman–Crippen LogP) is 4.68. The molecule has 0 atom stereocenters. The molecule has 0 fully saturated rings. The van der Waals surface area contributed by atoms with Crippen LogP contribution in [0.5, 0.6) is 0 Å². The Bertz CT molecular complexity index is 661. The van der Waals surface area contributed by atoms with Gasteiger partial charge in [0.2, 0.25) is 0 Å². The van der Waals surface area contributed by atoms with Crippen LogP contribution in [0.1, 0.15) is 27.3 Å². The van der Waals surface area contributed by atoms with Gasteiger partial charge in [-0.1, -0.05) is 0 Å². The first-order valence-electron chi connectivity index (χ1n) is 5.60. The third kappa shape index (κ3) is 2.16. The van der Waals surface area contributed by atoms with Gasteiger partial charge in [0.05, 0.1) is 5.56 Å². The van der Waals surface area contributed by atoms with E-state index in [1.807, 2.05) is 17.7 Å². The molecule has 0 saturated heterocycles. The Balaban J connectivity index is 1.94. The molecular weight excluding hydrogens is 328 g/mol. The van der Waals surface area contributed by atoms with E-state index in [1.54, 1.807) is 22.7 Å². The summed E-state index contributed by atoms with van der Waals surface area (Å²) in [5.41, 5.74) is 2.03. The van der Waals surface area contributed by atoms with Gasteiger partial charge in [0.25, 0.3) is 0 Å². The third-order valence-electron chi connectivity index (χ3n) is 2.91. The average Bonchev–Trinajstić information content (AvgIpc) is 3.01. The molecule has 0 radical (unpaired) electrons. The van der Waals surface area contributed by atoms with Crippen LogP contribution < -0.4 is 0 Å². The van der Waals surface area contributed by atoms with Crippen molar-refractivity contribution in [2.45, 2.75) is 19.3 Å². The molecule has 2 heterocycles. The standard InChI is InChI=1S/C13H9BrN2S2/c14-8-4-9(17-7-8)6-16-13-11(5-15)10-2-1-3-12(10)18-13/h4,6-7H,1-3H2. The minimum Gasteiger partial charge on any atom is -0.243 e. The molecule has 0 N–H and O–H groups in total. The number of halogens is 1. The summed E-state index contributed by atoms with van der Waals surface area (Å²) in [6.07, 6.45) is 5.17. The second kappa shape index (κ2) is 4.96. The minimum absolute atomic E-state index is 0.791. The van der Waals surface area contributed by atoms with Crippen molar-refractivity contribution in [3.8, 4) is 6.07 Å². The van der Waals surface area contributed by atoms with Crippen molar-refractivity contribution in [3.05, 3.63) is 36.8 Å². The number of hydrogen-bond acceptors (Lipinski definition) is 4. The fraction of sp³-hybridized carbons (Fsp3) is 0.231. The Morgan fingerprint density at radius 3 is 3.06 bits per heavy atom. The molecule has 5 heteroatoms. The lowest BCUT2D eigenvalue weighted by molar-refractivity contribution is 0.913. The maximum atomic E-state index is 9.25. The number of aryl methyl sites for hydroxylation is 1. The highest BCUT2D eigenvalue weighted by molar-refractivity contribution is 9.10. The lowest BCUT2D eigenvalue weighted by Gasteiger charge is -1.91. The highest BCUT2D eigenvalue weighted by Gasteiger charge is 2.21. The maximum absolute atomic E-state index is 9.25. The van der Waals surface area contributed by atoms with Gasteiger partial charge in [-0.25, -0.2) is 4.99 Å². The lowest BCUT2D eigenvalue weighted by atomic mass is 10.1. The molecule has 0 saturated carbocycles. The van der Waals surface area contributed by atoms with Crippen LogP contribution in [0.25, 0.3) is 0 Å². The summed E-state index contributed by atoms with van der Waals surface area (Å²) in [5.74, 6) is 0. The summed E-state index contributed by atoms with van der Waals surface area (Å²) >= 11 is 6.73. The first kappa shape index (κ1) is 12.1. The van der Waals surface area contributed by atoms with E-state index in [9.17, 15) is 5.26 Å². The number of rotatable bonds is 2. The predicted molar refractivity (Wildman–Crippen MR) is 80.3 cm³/mol. The minimum atomic E-state index is 0.791. The third-order valence-corrected chi connectivity index (χ3v) is 5.74. The Labute approximate surface area is 122 Å². The van der Waals surface area contributed by atoms with Crippen molar-refractivity contribution >= 4 is 49.8 Å². The van der Waals surface area contributed by atoms with E-state index in [2.05, 4.69) is 27.0 Å². The summed E-state index contributed by atoms with van der Waals surface area (Å²) in [6, 6.07) is 4.34. The largest absolute Gasteiger partial charge is 0.243 e. The van der Waals surface area contributed by atoms with Crippen molar-refractivity contribution < 1.29 is 0 Å². The van der Waals surface area contributed by atoms with Crippen LogP contribution in [0.4, 0.5) is 5.00 Å². The highest BCUT2D eigenvalue weighted by Crippen LogP contribution is 2.40. The molecular formula is C13H9BrN2S2. The molecule has 1 aliphatic rings. The van der Waals surface area contributed by atoms with Gasteiger partial charge < -0.3 is 0 Å². The van der Waals surface area contributed by atoms with Crippen LogP contribution in [0.2, 0.25) is 0 Å². The van der Waals surface area contributed by atoms with E-state index in [4.69, 9.17) is 0 Å². The van der Waals surface area contributed by atoms with E-state index in [1.165, 1.54) is 16.9 Å². The van der Waals surface area contributed by atoms with Crippen LogP contribution in [-0.2, 0) is 12.8 Å². The molecule has 0 aromatic carbocycles. The maximum Gasteiger partial charge on any atom is 0.134 e. The monoisotopic (exact) mass is 336 g/mol. The Morgan fingerprint density at radius 2 is 2.33 bits per heavy atom. The molecule has 2 nitrogen and oxygen atoms in total. The first-order valence-corrected chi connectivity index (χ1v) is 8.09. The van der Waals surface area contributed by atoms with Gasteiger partial charge in [-0.05, 0) is 46.8 Å². The summed E-state index contributed by atoms with van der Waals surface area (Å²) in [5, 5.41) is 12.1. The first-order chi connectivity index (χ1) is 8.78. The van der Waals surface area contributed by atoms with Crippen LogP contribution in [0, 0.1) is 11.3 Å². The van der Waals surface area contributed by atoms with E-state index in [0.717, 1.165) is 32.8 Å². The van der Waals surface area contributed by atoms with Gasteiger partial charge in [-0.15, -0.1) is 22.7 Å². The number of fused-ring (bicyclic) bond motifs is 1. The Morgan fingerprint density at radius 1 is 1.44 bits per heavy atom. The van der Waals surface area contributed by atoms with E-state index < -0.39 is 0 Å². The second-order valence-electron chi connectivity index (χ2n) is 4.07. The second-order valence-corrected chi connectivity index (χ2v) is 7.02. The molecule has 1 aliphatic carbocycles. The van der Waals surface area contributed by atoms with Crippen molar-refractivity contribution in [1.29, 1.82) is 5.26 Å². The number of nitrogens with zero attached hydrogens (tertiary/aromatic N) is 2. The Kier molecular flexibility index (Phi) is 3.33. The molecule has 0 unspecified atom stereocenters. The summed E-state index contributed by atoms with van der Waals surface area (Å²) in [7, 11) is 0. The van der Waals surface area contributed by atoms with E-state index in [0.29, 0.717) is 0 Å². The zero-order valence-corrected chi connectivity index (χ0v) is 12.7. The molecule has 90 valence electrons. The van der Waals surface area contributed by atoms with Gasteiger partial charge in [0, 0.05) is 25.8 Å². The molecule has 2 aromatic rings. The van der Waals surface area contributed by atoms with Crippen LogP contribution in [0.3, 0.4) is 0 Å². The van der Waals surface area contributed by atoms with Gasteiger partial charge in [-0.3, -0.25) is 0 Å². The quantitative estimate of drug-likeness (QED) is 0.733. The van der Waals surface area contributed by atoms with Crippen LogP contribution in [-0.4, -0.2) is 6.21 Å². The average molecular weight is 337 g/mol. The van der Waals surface area contributed by atoms with Crippen molar-refractivity contribution in [2.24, 2.45) is 4.99 Å². The zero-order valence-electron chi connectivity index (χ0n) is 9.44. The highest BCUT2D eigenvalue weighted by atomic mass is 79.9. The van der Waals surface area contributed by atoms with E-state index in [-0.39, 0.29) is 0 Å². The zero-order chi connectivity index (χ0) is 12.5. The van der Waals surface area contributed by atoms with Gasteiger partial charge >= 0.3 is 0 Å². The van der Waals surface area contributed by atoms with Crippen molar-refractivity contribution in [2.75, 3.05) is 0 Å². The van der Waals surface area contributed by atoms with Crippen LogP contribution >= 0.6 is 38.6 Å². The molecule has 3 rings (SSSR count). The number of aliphatic imine (C=N–C) groups is 1. The summed E-state index contributed by atoms with van der Waals surface area (Å²) in [4.78, 5) is 6.93. The molecule has 0 amide bonds. The van der Waals surface area contributed by atoms with Crippen molar-refractivity contribution in [3.63, 3.8) is 0 Å². The summed E-state index contributed by atoms with van der Waals surface area (Å²) in [6.45, 7) is 0. The molecule has 0 aliphatic heterocycles. The fourth-order valence-corrected chi connectivity index (χ4v) is 4.60. The topological polar surface area (TPSA) is 36.1 Å². The number of nitriles is 1. The van der Waals surface area contributed by atoms with Gasteiger partial charge in [0.1, 0.15) is 11.1 Å². The molecule has 18 heavy (non-hydrogen) atoms. The normalized spacial score (nSPS) is 14.0.